The number of aromatic nitrogens is 1. The van der Waals surface area contributed by atoms with Crippen molar-refractivity contribution in [3.63, 3.8) is 0 Å². The van der Waals surface area contributed by atoms with Crippen LogP contribution in [0.25, 0.3) is 82.4 Å². The normalized spacial score (nSPS) is 11.4. The maximum Gasteiger partial charge on any atom is 0.0542 e. The second kappa shape index (κ2) is 17.9. The zero-order chi connectivity index (χ0) is 47.1. The molecule has 0 aliphatic heterocycles. The van der Waals surface area contributed by atoms with Crippen LogP contribution in [0.1, 0.15) is 0 Å². The molecule has 13 rings (SSSR count). The Morgan fingerprint density at radius 3 is 1.49 bits per heavy atom. The molecule has 0 N–H and O–H groups in total. The van der Waals surface area contributed by atoms with E-state index >= 15 is 0 Å². The van der Waals surface area contributed by atoms with Gasteiger partial charge in [0, 0.05) is 50.3 Å². The van der Waals surface area contributed by atoms with Gasteiger partial charge in [0.2, 0.25) is 0 Å². The Morgan fingerprint density at radius 1 is 0.239 bits per heavy atom. The molecule has 0 atom stereocenters. The van der Waals surface area contributed by atoms with E-state index in [0.717, 1.165) is 45.4 Å². The van der Waals surface area contributed by atoms with Crippen LogP contribution in [-0.4, -0.2) is 4.57 Å². The number of rotatable bonds is 10. The molecule has 0 amide bonds. The second-order valence-corrected chi connectivity index (χ2v) is 18.1. The fourth-order valence-electron chi connectivity index (χ4n) is 10.6. The molecule has 1 aromatic heterocycles. The minimum absolute atomic E-state index is 1.08. The van der Waals surface area contributed by atoms with E-state index < -0.39 is 0 Å². The number of fused-ring (bicyclic) bond motifs is 5. The van der Waals surface area contributed by atoms with E-state index in [1.807, 2.05) is 0 Å². The van der Waals surface area contributed by atoms with Crippen molar-refractivity contribution in [2.45, 2.75) is 0 Å². The van der Waals surface area contributed by atoms with Gasteiger partial charge >= 0.3 is 0 Å². The van der Waals surface area contributed by atoms with E-state index in [0.29, 0.717) is 0 Å². The number of nitrogens with zero attached hydrogens (tertiary/aromatic N) is 3. The molecule has 0 saturated heterocycles. The maximum atomic E-state index is 2.41. The average Bonchev–Trinajstić information content (AvgIpc) is 3.78. The van der Waals surface area contributed by atoms with Crippen molar-refractivity contribution in [1.82, 2.24) is 4.57 Å². The van der Waals surface area contributed by atoms with E-state index in [9.17, 15) is 0 Å². The lowest BCUT2D eigenvalue weighted by atomic mass is 9.95. The lowest BCUT2D eigenvalue weighted by Crippen LogP contribution is -2.11. The molecule has 0 fully saturated rings. The van der Waals surface area contributed by atoms with E-state index in [1.165, 1.54) is 71.2 Å². The molecule has 0 bridgehead atoms. The Hall–Kier alpha value is -9.44. The summed E-state index contributed by atoms with van der Waals surface area (Å²) < 4.78 is 2.38. The number of benzene rings is 12. The number of hydrogen-bond acceptors (Lipinski definition) is 2. The van der Waals surface area contributed by atoms with Gasteiger partial charge in [0.15, 0.2) is 0 Å². The first kappa shape index (κ1) is 41.7. The molecule has 0 spiro atoms. The first-order valence-corrected chi connectivity index (χ1v) is 24.3. The van der Waals surface area contributed by atoms with Gasteiger partial charge in [-0.3, -0.25) is 0 Å². The summed E-state index contributed by atoms with van der Waals surface area (Å²) in [5.74, 6) is 0. The maximum absolute atomic E-state index is 2.41. The summed E-state index contributed by atoms with van der Waals surface area (Å²) >= 11 is 0. The molecular formula is C68H47N3. The Balaban J connectivity index is 0.925. The van der Waals surface area contributed by atoms with Gasteiger partial charge in [-0.2, -0.15) is 0 Å². The van der Waals surface area contributed by atoms with Crippen molar-refractivity contribution in [3.05, 3.63) is 285 Å². The number of hydrogen-bond donors (Lipinski definition) is 0. The average molecular weight is 906 g/mol. The summed E-state index contributed by atoms with van der Waals surface area (Å²) in [6, 6.07) is 103. The molecule has 0 saturated carbocycles. The van der Waals surface area contributed by atoms with Crippen molar-refractivity contribution >= 4 is 77.5 Å². The highest BCUT2D eigenvalue weighted by atomic mass is 15.1. The summed E-state index contributed by atoms with van der Waals surface area (Å²) in [6.45, 7) is 0. The van der Waals surface area contributed by atoms with Gasteiger partial charge in [-0.1, -0.05) is 194 Å². The highest BCUT2D eigenvalue weighted by Crippen LogP contribution is 2.45. The predicted octanol–water partition coefficient (Wildman–Crippen LogP) is 19.0. The van der Waals surface area contributed by atoms with Crippen LogP contribution in [0.4, 0.5) is 34.1 Å². The molecule has 3 heteroatoms. The first-order valence-electron chi connectivity index (χ1n) is 24.3. The van der Waals surface area contributed by atoms with Crippen LogP contribution in [0.2, 0.25) is 0 Å². The minimum Gasteiger partial charge on any atom is -0.310 e. The predicted molar refractivity (Wildman–Crippen MR) is 301 cm³/mol. The fourth-order valence-corrected chi connectivity index (χ4v) is 10.6. The van der Waals surface area contributed by atoms with E-state index in [4.69, 9.17) is 0 Å². The Labute approximate surface area is 414 Å². The third kappa shape index (κ3) is 7.67. The lowest BCUT2D eigenvalue weighted by Gasteiger charge is -2.28. The summed E-state index contributed by atoms with van der Waals surface area (Å²) in [4.78, 5) is 4.81. The van der Waals surface area contributed by atoms with Crippen LogP contribution in [0.15, 0.2) is 285 Å². The molecule has 334 valence electrons. The van der Waals surface area contributed by atoms with Gasteiger partial charge in [-0.05, 0) is 141 Å². The third-order valence-corrected chi connectivity index (χ3v) is 13.9. The molecule has 13 aromatic rings. The molecule has 71 heavy (non-hydrogen) atoms. The van der Waals surface area contributed by atoms with Crippen LogP contribution in [0.5, 0.6) is 0 Å². The smallest absolute Gasteiger partial charge is 0.0542 e. The van der Waals surface area contributed by atoms with Gasteiger partial charge in [-0.25, -0.2) is 0 Å². The summed E-state index contributed by atoms with van der Waals surface area (Å²) in [5, 5.41) is 7.22. The first-order chi connectivity index (χ1) is 35.2. The van der Waals surface area contributed by atoms with Gasteiger partial charge in [0.05, 0.1) is 16.7 Å². The quantitative estimate of drug-likeness (QED) is 0.135. The molecule has 3 nitrogen and oxygen atoms in total. The van der Waals surface area contributed by atoms with Crippen LogP contribution in [0.3, 0.4) is 0 Å². The van der Waals surface area contributed by atoms with Crippen molar-refractivity contribution < 1.29 is 0 Å². The summed E-state index contributed by atoms with van der Waals surface area (Å²) in [7, 11) is 0. The van der Waals surface area contributed by atoms with Crippen LogP contribution in [0, 0.1) is 0 Å². The topological polar surface area (TPSA) is 11.4 Å². The monoisotopic (exact) mass is 905 g/mol. The number of anilines is 6. The van der Waals surface area contributed by atoms with Crippen molar-refractivity contribution in [2.24, 2.45) is 0 Å². The van der Waals surface area contributed by atoms with E-state index in [1.54, 1.807) is 0 Å². The van der Waals surface area contributed by atoms with Gasteiger partial charge < -0.3 is 14.4 Å². The van der Waals surface area contributed by atoms with Crippen LogP contribution in [-0.2, 0) is 0 Å². The van der Waals surface area contributed by atoms with Gasteiger partial charge in [-0.15, -0.1) is 0 Å². The zero-order valence-corrected chi connectivity index (χ0v) is 39.0. The molecule has 0 unspecified atom stereocenters. The lowest BCUT2D eigenvalue weighted by molar-refractivity contribution is 1.18. The molecule has 0 radical (unpaired) electrons. The van der Waals surface area contributed by atoms with Crippen LogP contribution < -0.4 is 9.80 Å². The van der Waals surface area contributed by atoms with Crippen molar-refractivity contribution in [3.8, 4) is 39.1 Å². The standard InChI is InChI=1S/C68H47N3/c1-4-17-48(18-5-1)51-31-36-57(37-32-51)70(58-26-16-23-54(45-58)49-19-6-2-7-20-49)67-44-42-61(62-27-12-13-28-63(62)67)52-34-38-56(39-35-52)69(59-40-33-50-21-10-11-22-53(50)46-59)60-41-43-68-65(47-60)64-29-14-15-30-66(64)71(68)55-24-8-3-9-25-55/h1-47H. The second-order valence-electron chi connectivity index (χ2n) is 18.1. The molecule has 12 aromatic carbocycles. The highest BCUT2D eigenvalue weighted by Gasteiger charge is 2.21. The van der Waals surface area contributed by atoms with Crippen molar-refractivity contribution in [2.75, 3.05) is 9.80 Å². The Morgan fingerprint density at radius 2 is 0.746 bits per heavy atom. The van der Waals surface area contributed by atoms with Crippen molar-refractivity contribution in [1.29, 1.82) is 0 Å². The largest absolute Gasteiger partial charge is 0.310 e. The van der Waals surface area contributed by atoms with Gasteiger partial charge in [0.25, 0.3) is 0 Å². The summed E-state index contributed by atoms with van der Waals surface area (Å²) in [6.07, 6.45) is 0. The molecule has 0 aliphatic rings. The molecular weight excluding hydrogens is 859 g/mol. The van der Waals surface area contributed by atoms with Crippen LogP contribution >= 0.6 is 0 Å². The molecule has 1 heterocycles. The zero-order valence-electron chi connectivity index (χ0n) is 39.0. The Bertz CT molecular complexity index is 4030. The summed E-state index contributed by atoms with van der Waals surface area (Å²) in [5.41, 5.74) is 17.2. The molecule has 0 aliphatic carbocycles. The minimum atomic E-state index is 1.08. The third-order valence-electron chi connectivity index (χ3n) is 13.9. The SMILES string of the molecule is c1ccc(-c2ccc(N(c3cccc(-c4ccccc4)c3)c3ccc(-c4ccc(N(c5ccc6ccccc6c5)c5ccc6c(c5)c5ccccc5n6-c5ccccc5)cc4)c4ccccc34)cc2)cc1. The fraction of sp³-hybridized carbons (Fsp3) is 0. The van der Waals surface area contributed by atoms with E-state index in [-0.39, 0.29) is 0 Å². The highest BCUT2D eigenvalue weighted by molar-refractivity contribution is 6.11. The van der Waals surface area contributed by atoms with Gasteiger partial charge in [0.1, 0.15) is 0 Å². The Kier molecular flexibility index (Phi) is 10.5. The number of para-hydroxylation sites is 2. The van der Waals surface area contributed by atoms with E-state index in [2.05, 4.69) is 299 Å².